The molecule has 0 N–H and O–H groups in total. The molecule has 0 radical (unpaired) electrons. The van der Waals surface area contributed by atoms with Crippen molar-refractivity contribution in [3.63, 3.8) is 0 Å². The third-order valence-corrected chi connectivity index (χ3v) is 8.00. The normalized spacial score (nSPS) is 14.9. The van der Waals surface area contributed by atoms with Crippen molar-refractivity contribution in [2.45, 2.75) is 116 Å². The number of rotatable bonds is 32. The lowest BCUT2D eigenvalue weighted by Crippen LogP contribution is -2.37. The maximum absolute atomic E-state index is 12.5. The molecular formula is C39H68NO7P. The first-order valence-electron chi connectivity index (χ1n) is 18.2. The average molecular weight is 694 g/mol. The van der Waals surface area contributed by atoms with E-state index in [-0.39, 0.29) is 26.2 Å². The smallest absolute Gasteiger partial charge is 0.306 e. The number of allylic oxidation sites excluding steroid dienone is 12. The second-order valence-electron chi connectivity index (χ2n) is 12.9. The fourth-order valence-corrected chi connectivity index (χ4v) is 4.94. The Balaban J connectivity index is 4.42. The van der Waals surface area contributed by atoms with Gasteiger partial charge in [-0.2, -0.15) is 0 Å². The molecule has 0 heterocycles. The van der Waals surface area contributed by atoms with Crippen LogP contribution < -0.4 is 4.89 Å². The van der Waals surface area contributed by atoms with E-state index in [0.717, 1.165) is 51.4 Å². The van der Waals surface area contributed by atoms with Crippen LogP contribution in [0.5, 0.6) is 0 Å². The topological polar surface area (TPSA) is 94.1 Å². The Hall–Kier alpha value is -2.06. The number of nitrogens with zero attached hydrogens (tertiary/aromatic N) is 1. The summed E-state index contributed by atoms with van der Waals surface area (Å²) in [6.07, 6.45) is 39.4. The Kier molecular flexibility index (Phi) is 30.8. The molecule has 276 valence electrons. The van der Waals surface area contributed by atoms with Crippen LogP contribution in [0.4, 0.5) is 0 Å². The molecule has 8 nitrogen and oxygen atoms in total. The number of likely N-dealkylation sites (N-methyl/N-ethyl adjacent to an activating group) is 1. The lowest BCUT2D eigenvalue weighted by molar-refractivity contribution is -0.870. The minimum atomic E-state index is -4.53. The van der Waals surface area contributed by atoms with E-state index in [9.17, 15) is 14.3 Å². The molecule has 0 saturated heterocycles. The monoisotopic (exact) mass is 693 g/mol. The fraction of sp³-hybridized carbons (Fsp3) is 0.667. The van der Waals surface area contributed by atoms with Crippen molar-refractivity contribution in [1.82, 2.24) is 0 Å². The van der Waals surface area contributed by atoms with E-state index in [1.54, 1.807) is 0 Å². The van der Waals surface area contributed by atoms with Gasteiger partial charge >= 0.3 is 5.97 Å². The maximum Gasteiger partial charge on any atom is 0.306 e. The number of carbonyl (C=O) groups is 1. The summed E-state index contributed by atoms with van der Waals surface area (Å²) in [6, 6.07) is 0. The van der Waals surface area contributed by atoms with Crippen molar-refractivity contribution >= 4 is 13.8 Å². The van der Waals surface area contributed by atoms with Crippen molar-refractivity contribution in [3.05, 3.63) is 72.9 Å². The number of phosphoric acid groups is 1. The van der Waals surface area contributed by atoms with Crippen LogP contribution >= 0.6 is 7.82 Å². The summed E-state index contributed by atoms with van der Waals surface area (Å²) in [5.41, 5.74) is 0. The second-order valence-corrected chi connectivity index (χ2v) is 14.3. The van der Waals surface area contributed by atoms with E-state index < -0.39 is 19.9 Å². The highest BCUT2D eigenvalue weighted by Crippen LogP contribution is 2.38. The van der Waals surface area contributed by atoms with Gasteiger partial charge < -0.3 is 27.9 Å². The quantitative estimate of drug-likeness (QED) is 0.0228. The van der Waals surface area contributed by atoms with Crippen molar-refractivity contribution < 1.29 is 37.3 Å². The number of esters is 1. The Morgan fingerprint density at radius 3 is 1.69 bits per heavy atom. The molecule has 0 aliphatic carbocycles. The predicted molar refractivity (Wildman–Crippen MR) is 199 cm³/mol. The van der Waals surface area contributed by atoms with Crippen molar-refractivity contribution in [2.75, 3.05) is 54.1 Å². The summed E-state index contributed by atoms with van der Waals surface area (Å²) in [5.74, 6) is -0.422. The minimum Gasteiger partial charge on any atom is -0.756 e. The summed E-state index contributed by atoms with van der Waals surface area (Å²) in [4.78, 5) is 24.8. The highest BCUT2D eigenvalue weighted by molar-refractivity contribution is 7.45. The molecule has 0 aromatic heterocycles. The zero-order valence-corrected chi connectivity index (χ0v) is 31.8. The average Bonchev–Trinajstić information content (AvgIpc) is 3.03. The van der Waals surface area contributed by atoms with Crippen molar-refractivity contribution in [2.24, 2.45) is 0 Å². The zero-order chi connectivity index (χ0) is 35.6. The summed E-state index contributed by atoms with van der Waals surface area (Å²) >= 11 is 0. The highest BCUT2D eigenvalue weighted by atomic mass is 31.2. The highest BCUT2D eigenvalue weighted by Gasteiger charge is 2.20. The van der Waals surface area contributed by atoms with Crippen LogP contribution in [0.2, 0.25) is 0 Å². The number of carbonyl (C=O) groups excluding carboxylic acids is 1. The predicted octanol–water partition coefficient (Wildman–Crippen LogP) is 9.35. The van der Waals surface area contributed by atoms with Gasteiger partial charge in [-0.15, -0.1) is 0 Å². The lowest BCUT2D eigenvalue weighted by atomic mass is 10.1. The number of unbranched alkanes of at least 4 members (excludes halogenated alkanes) is 6. The SMILES string of the molecule is CC/C=C\C/C=C\C/C=C\C/C=C\C/C=C\C/C=C\CCC(=O)OC(COCCCCCCCCC)COP(=O)([O-])OCC[N+](C)(C)C. The number of phosphoric ester groups is 1. The molecule has 0 spiro atoms. The van der Waals surface area contributed by atoms with Gasteiger partial charge in [0, 0.05) is 13.0 Å². The van der Waals surface area contributed by atoms with Crippen molar-refractivity contribution in [3.8, 4) is 0 Å². The summed E-state index contributed by atoms with van der Waals surface area (Å²) in [6.45, 7) is 5.11. The van der Waals surface area contributed by atoms with Gasteiger partial charge in [0.15, 0.2) is 0 Å². The molecule has 0 bridgehead atoms. The molecule has 0 fully saturated rings. The Morgan fingerprint density at radius 1 is 0.667 bits per heavy atom. The Morgan fingerprint density at radius 2 is 1.17 bits per heavy atom. The molecule has 2 atom stereocenters. The molecule has 0 aromatic carbocycles. The Bertz CT molecular complexity index is 995. The number of hydrogen-bond acceptors (Lipinski definition) is 7. The van der Waals surface area contributed by atoms with Gasteiger partial charge in [-0.05, 0) is 51.4 Å². The molecule has 48 heavy (non-hydrogen) atoms. The molecule has 0 rings (SSSR count). The van der Waals surface area contributed by atoms with Gasteiger partial charge in [0.1, 0.15) is 19.3 Å². The molecule has 0 aliphatic rings. The molecule has 9 heteroatoms. The second kappa shape index (κ2) is 32.2. The molecule has 0 saturated carbocycles. The van der Waals surface area contributed by atoms with E-state index in [2.05, 4.69) is 74.6 Å². The van der Waals surface area contributed by atoms with E-state index in [1.807, 2.05) is 33.3 Å². The minimum absolute atomic E-state index is 0.00937. The van der Waals surface area contributed by atoms with Crippen LogP contribution in [0.15, 0.2) is 72.9 Å². The first-order valence-corrected chi connectivity index (χ1v) is 19.6. The molecule has 0 aromatic rings. The summed E-state index contributed by atoms with van der Waals surface area (Å²) in [5, 5.41) is 0. The first kappa shape index (κ1) is 45.9. The third kappa shape index (κ3) is 35.3. The lowest BCUT2D eigenvalue weighted by Gasteiger charge is -2.28. The largest absolute Gasteiger partial charge is 0.756 e. The van der Waals surface area contributed by atoms with Crippen LogP contribution in [0.3, 0.4) is 0 Å². The third-order valence-electron chi connectivity index (χ3n) is 7.04. The van der Waals surface area contributed by atoms with Crippen molar-refractivity contribution in [1.29, 1.82) is 0 Å². The van der Waals surface area contributed by atoms with Gasteiger partial charge in [-0.1, -0.05) is 125 Å². The molecule has 2 unspecified atom stereocenters. The fourth-order valence-electron chi connectivity index (χ4n) is 4.22. The molecule has 0 amide bonds. The molecular weight excluding hydrogens is 625 g/mol. The van der Waals surface area contributed by atoms with Gasteiger partial charge in [0.25, 0.3) is 7.82 Å². The van der Waals surface area contributed by atoms with E-state index in [0.29, 0.717) is 24.1 Å². The van der Waals surface area contributed by atoms with Crippen LogP contribution in [-0.2, 0) is 27.9 Å². The van der Waals surface area contributed by atoms with E-state index in [1.165, 1.54) is 32.1 Å². The summed E-state index contributed by atoms with van der Waals surface area (Å²) < 4.78 is 34.1. The van der Waals surface area contributed by atoms with E-state index in [4.69, 9.17) is 18.5 Å². The van der Waals surface area contributed by atoms with Crippen LogP contribution in [-0.4, -0.2) is 70.7 Å². The zero-order valence-electron chi connectivity index (χ0n) is 30.9. The Labute approximate surface area is 293 Å². The maximum atomic E-state index is 12.5. The van der Waals surface area contributed by atoms with Gasteiger partial charge in [0.05, 0.1) is 34.4 Å². The van der Waals surface area contributed by atoms with Gasteiger partial charge in [-0.25, -0.2) is 0 Å². The molecule has 0 aliphatic heterocycles. The van der Waals surface area contributed by atoms with Crippen LogP contribution in [0, 0.1) is 0 Å². The summed E-state index contributed by atoms with van der Waals surface area (Å²) in [7, 11) is 1.30. The number of ether oxygens (including phenoxy) is 2. The van der Waals surface area contributed by atoms with Gasteiger partial charge in [0.2, 0.25) is 0 Å². The van der Waals surface area contributed by atoms with Gasteiger partial charge in [-0.3, -0.25) is 9.36 Å². The first-order chi connectivity index (χ1) is 23.1. The van der Waals surface area contributed by atoms with Crippen LogP contribution in [0.1, 0.15) is 110 Å². The number of quaternary nitrogens is 1. The van der Waals surface area contributed by atoms with E-state index >= 15 is 0 Å². The standard InChI is InChI=1S/C39H68NO7P/c1-6-8-10-12-14-15-16-17-18-19-20-21-22-23-24-25-26-28-30-32-39(41)47-38(36-44-34-31-29-27-13-11-9-7-2)37-46-48(42,43)45-35-33-40(3,4)5/h8,10,14-15,17-18,20-21,23-24,26,28,38H,6-7,9,11-13,16,19,22,25,27,29-37H2,1-5H3/b10-8-,15-14-,18-17-,21-20-,24-23-,28-26-. The number of hydrogen-bond donors (Lipinski definition) is 0. The van der Waals surface area contributed by atoms with Crippen LogP contribution in [0.25, 0.3) is 0 Å².